The normalized spacial score (nSPS) is 10.4. The molecule has 9 nitrogen and oxygen atoms in total. The van der Waals surface area contributed by atoms with Crippen molar-refractivity contribution in [3.63, 3.8) is 0 Å². The Morgan fingerprint density at radius 3 is 2.90 bits per heavy atom. The van der Waals surface area contributed by atoms with Gasteiger partial charge >= 0.3 is 5.82 Å². The molecule has 0 saturated heterocycles. The monoisotopic (exact) mass is 298 g/mol. The van der Waals surface area contributed by atoms with Crippen LogP contribution in [-0.2, 0) is 17.9 Å². The van der Waals surface area contributed by atoms with E-state index in [1.54, 1.807) is 10.9 Å². The largest absolute Gasteiger partial charge is 0.389 e. The third kappa shape index (κ3) is 3.79. The fourth-order valence-corrected chi connectivity index (χ4v) is 1.67. The van der Waals surface area contributed by atoms with E-state index in [-0.39, 0.29) is 18.3 Å². The van der Waals surface area contributed by atoms with Gasteiger partial charge in [-0.05, 0) is 4.92 Å². The Morgan fingerprint density at radius 1 is 1.50 bits per heavy atom. The van der Waals surface area contributed by atoms with E-state index in [0.29, 0.717) is 18.1 Å². The lowest BCUT2D eigenvalue weighted by atomic mass is 10.5. The molecule has 1 amide bonds. The van der Waals surface area contributed by atoms with Crippen molar-refractivity contribution in [1.82, 2.24) is 24.9 Å². The third-order valence-electron chi connectivity index (χ3n) is 2.38. The summed E-state index contributed by atoms with van der Waals surface area (Å²) in [7, 11) is 0. The molecule has 0 fully saturated rings. The molecular formula is C10H11ClN6O3. The number of carbonyl (C=O) groups excluding carboxylic acids is 1. The number of rotatable bonds is 6. The van der Waals surface area contributed by atoms with Crippen molar-refractivity contribution in [1.29, 1.82) is 0 Å². The summed E-state index contributed by atoms with van der Waals surface area (Å²) in [5, 5.41) is 21.2. The SMILES string of the molecule is O=C(Cn1ccc([N+](=O)[O-])n1)NCCn1cc(Cl)cn1. The molecule has 0 bridgehead atoms. The van der Waals surface area contributed by atoms with Crippen molar-refractivity contribution in [3.05, 3.63) is 39.8 Å². The summed E-state index contributed by atoms with van der Waals surface area (Å²) in [6.07, 6.45) is 4.53. The summed E-state index contributed by atoms with van der Waals surface area (Å²) in [4.78, 5) is 21.4. The molecule has 0 aliphatic heterocycles. The average Bonchev–Trinajstić information content (AvgIpc) is 2.99. The summed E-state index contributed by atoms with van der Waals surface area (Å²) in [5.41, 5.74) is 0. The summed E-state index contributed by atoms with van der Waals surface area (Å²) in [6.45, 7) is 0.783. The summed E-state index contributed by atoms with van der Waals surface area (Å²) < 4.78 is 2.81. The second-order valence-corrected chi connectivity index (χ2v) is 4.34. The van der Waals surface area contributed by atoms with Crippen LogP contribution >= 0.6 is 11.6 Å². The highest BCUT2D eigenvalue weighted by atomic mass is 35.5. The predicted molar refractivity (Wildman–Crippen MR) is 69.1 cm³/mol. The highest BCUT2D eigenvalue weighted by Gasteiger charge is 2.12. The van der Waals surface area contributed by atoms with Crippen molar-refractivity contribution < 1.29 is 9.72 Å². The Hall–Kier alpha value is -2.42. The zero-order valence-corrected chi connectivity index (χ0v) is 11.0. The second-order valence-electron chi connectivity index (χ2n) is 3.90. The second kappa shape index (κ2) is 6.15. The number of halogens is 1. The number of nitrogens with one attached hydrogen (secondary N) is 1. The molecule has 2 aromatic rings. The van der Waals surface area contributed by atoms with Gasteiger partial charge in [0.15, 0.2) is 0 Å². The quantitative estimate of drug-likeness (QED) is 0.615. The van der Waals surface area contributed by atoms with Gasteiger partial charge in [-0.2, -0.15) is 9.78 Å². The number of carbonyl (C=O) groups is 1. The predicted octanol–water partition coefficient (Wildman–Crippen LogP) is 0.458. The van der Waals surface area contributed by atoms with Crippen molar-refractivity contribution in [2.75, 3.05) is 6.54 Å². The minimum atomic E-state index is -0.615. The summed E-state index contributed by atoms with van der Waals surface area (Å²) in [6, 6.07) is 1.24. The van der Waals surface area contributed by atoms with Gasteiger partial charge in [0.1, 0.15) is 6.54 Å². The highest BCUT2D eigenvalue weighted by Crippen LogP contribution is 2.05. The molecule has 0 radical (unpaired) electrons. The number of nitro groups is 1. The zero-order chi connectivity index (χ0) is 14.5. The van der Waals surface area contributed by atoms with Gasteiger partial charge in [0.2, 0.25) is 5.91 Å². The van der Waals surface area contributed by atoms with Crippen LogP contribution in [0.3, 0.4) is 0 Å². The number of hydrogen-bond donors (Lipinski definition) is 1. The van der Waals surface area contributed by atoms with Crippen molar-refractivity contribution >= 4 is 23.3 Å². The van der Waals surface area contributed by atoms with Crippen LogP contribution in [0.4, 0.5) is 5.82 Å². The van der Waals surface area contributed by atoms with E-state index in [9.17, 15) is 14.9 Å². The van der Waals surface area contributed by atoms with Gasteiger partial charge in [0, 0.05) is 12.7 Å². The van der Waals surface area contributed by atoms with E-state index in [0.717, 1.165) is 0 Å². The fraction of sp³-hybridized carbons (Fsp3) is 0.300. The van der Waals surface area contributed by atoms with E-state index < -0.39 is 4.92 Å². The first-order valence-electron chi connectivity index (χ1n) is 5.67. The molecule has 2 rings (SSSR count). The Labute approximate surface area is 118 Å². The molecule has 10 heteroatoms. The van der Waals surface area contributed by atoms with Gasteiger partial charge in [0.05, 0.1) is 35.1 Å². The van der Waals surface area contributed by atoms with E-state index in [4.69, 9.17) is 11.6 Å². The minimum Gasteiger partial charge on any atom is -0.358 e. The van der Waals surface area contributed by atoms with Gasteiger partial charge in [0.25, 0.3) is 0 Å². The smallest absolute Gasteiger partial charge is 0.358 e. The van der Waals surface area contributed by atoms with Crippen molar-refractivity contribution in [3.8, 4) is 0 Å². The fourth-order valence-electron chi connectivity index (χ4n) is 1.51. The van der Waals surface area contributed by atoms with Crippen LogP contribution in [0, 0.1) is 10.1 Å². The maximum absolute atomic E-state index is 11.6. The van der Waals surface area contributed by atoms with Gasteiger partial charge in [-0.3, -0.25) is 9.48 Å². The van der Waals surface area contributed by atoms with Crippen LogP contribution in [-0.4, -0.2) is 36.9 Å². The molecule has 0 spiro atoms. The molecule has 0 aliphatic carbocycles. The lowest BCUT2D eigenvalue weighted by Gasteiger charge is -2.04. The zero-order valence-electron chi connectivity index (χ0n) is 10.3. The summed E-state index contributed by atoms with van der Waals surface area (Å²) in [5.74, 6) is -0.578. The Bertz CT molecular complexity index is 622. The molecule has 1 N–H and O–H groups in total. The van der Waals surface area contributed by atoms with Crippen molar-refractivity contribution in [2.45, 2.75) is 13.1 Å². The molecular weight excluding hydrogens is 288 g/mol. The van der Waals surface area contributed by atoms with Gasteiger partial charge in [-0.15, -0.1) is 0 Å². The van der Waals surface area contributed by atoms with E-state index in [1.807, 2.05) is 0 Å². The van der Waals surface area contributed by atoms with Crippen LogP contribution in [0.25, 0.3) is 0 Å². The molecule has 0 unspecified atom stereocenters. The molecule has 0 aromatic carbocycles. The first kappa shape index (κ1) is 14.0. The van der Waals surface area contributed by atoms with Gasteiger partial charge < -0.3 is 15.4 Å². The first-order chi connectivity index (χ1) is 9.54. The van der Waals surface area contributed by atoms with Crippen LogP contribution in [0.5, 0.6) is 0 Å². The van der Waals surface area contributed by atoms with Crippen LogP contribution in [0.1, 0.15) is 0 Å². The Morgan fingerprint density at radius 2 is 2.30 bits per heavy atom. The minimum absolute atomic E-state index is 0.0757. The lowest BCUT2D eigenvalue weighted by Crippen LogP contribution is -2.30. The molecule has 106 valence electrons. The molecule has 20 heavy (non-hydrogen) atoms. The molecule has 2 heterocycles. The lowest BCUT2D eigenvalue weighted by molar-refractivity contribution is -0.389. The molecule has 2 aromatic heterocycles. The van der Waals surface area contributed by atoms with Gasteiger partial charge in [-0.25, -0.2) is 0 Å². The standard InChI is InChI=1S/C10H11ClN6O3/c11-8-5-13-15(6-8)4-2-12-10(18)7-16-3-1-9(14-16)17(19)20/h1,3,5-6H,2,4,7H2,(H,12,18). The Balaban J connectivity index is 1.76. The van der Waals surface area contributed by atoms with E-state index in [2.05, 4.69) is 15.5 Å². The molecule has 0 aliphatic rings. The number of nitrogens with zero attached hydrogens (tertiary/aromatic N) is 5. The average molecular weight is 299 g/mol. The van der Waals surface area contributed by atoms with E-state index in [1.165, 1.54) is 23.1 Å². The summed E-state index contributed by atoms with van der Waals surface area (Å²) >= 11 is 5.70. The van der Waals surface area contributed by atoms with Crippen molar-refractivity contribution in [2.24, 2.45) is 0 Å². The molecule has 0 atom stereocenters. The van der Waals surface area contributed by atoms with Gasteiger partial charge in [-0.1, -0.05) is 11.6 Å². The van der Waals surface area contributed by atoms with Crippen LogP contribution in [0.15, 0.2) is 24.7 Å². The maximum atomic E-state index is 11.6. The number of amides is 1. The molecule has 0 saturated carbocycles. The van der Waals surface area contributed by atoms with Crippen LogP contribution in [0.2, 0.25) is 5.02 Å². The van der Waals surface area contributed by atoms with E-state index >= 15 is 0 Å². The first-order valence-corrected chi connectivity index (χ1v) is 6.05. The number of aromatic nitrogens is 4. The highest BCUT2D eigenvalue weighted by molar-refractivity contribution is 6.30. The maximum Gasteiger partial charge on any atom is 0.389 e. The van der Waals surface area contributed by atoms with Crippen LogP contribution < -0.4 is 5.32 Å². The topological polar surface area (TPSA) is 108 Å². The number of hydrogen-bond acceptors (Lipinski definition) is 5. The Kier molecular flexibility index (Phi) is 4.31. The third-order valence-corrected chi connectivity index (χ3v) is 2.58.